The number of likely N-dealkylation sites (tertiary alicyclic amines) is 1. The first-order valence-electron chi connectivity index (χ1n) is 7.67. The fourth-order valence-electron chi connectivity index (χ4n) is 2.95. The minimum Gasteiger partial charge on any atom is -0.391 e. The van der Waals surface area contributed by atoms with Crippen molar-refractivity contribution in [3.05, 3.63) is 34.9 Å². The molecule has 0 aromatic heterocycles. The molecule has 2 aliphatic rings. The Labute approximate surface area is 154 Å². The van der Waals surface area contributed by atoms with Crippen LogP contribution in [0.2, 0.25) is 5.02 Å². The Morgan fingerprint density at radius 2 is 2.32 bits per heavy atom. The SMILES string of the molecule is CCN=C(NC1CC1c1cccc(Cl)c1)N1CC[C@@H](O)C1.I. The van der Waals surface area contributed by atoms with Crippen molar-refractivity contribution >= 4 is 41.5 Å². The van der Waals surface area contributed by atoms with E-state index in [9.17, 15) is 5.11 Å². The molecule has 22 heavy (non-hydrogen) atoms. The summed E-state index contributed by atoms with van der Waals surface area (Å²) in [6, 6.07) is 8.51. The largest absolute Gasteiger partial charge is 0.391 e. The second-order valence-electron chi connectivity index (χ2n) is 5.83. The van der Waals surface area contributed by atoms with E-state index in [1.54, 1.807) is 0 Å². The summed E-state index contributed by atoms with van der Waals surface area (Å²) >= 11 is 6.06. The number of guanidine groups is 1. The van der Waals surface area contributed by atoms with Crippen molar-refractivity contribution < 1.29 is 5.11 Å². The number of rotatable bonds is 3. The molecule has 2 fully saturated rings. The molecule has 0 radical (unpaired) electrons. The molecular formula is C16H23ClIN3O. The van der Waals surface area contributed by atoms with Gasteiger partial charge in [0.05, 0.1) is 6.10 Å². The van der Waals surface area contributed by atoms with Gasteiger partial charge in [0.15, 0.2) is 5.96 Å². The summed E-state index contributed by atoms with van der Waals surface area (Å²) < 4.78 is 0. The average molecular weight is 436 g/mol. The summed E-state index contributed by atoms with van der Waals surface area (Å²) in [5, 5.41) is 14.0. The maximum absolute atomic E-state index is 9.69. The van der Waals surface area contributed by atoms with E-state index in [0.717, 1.165) is 36.9 Å². The predicted octanol–water partition coefficient (Wildman–Crippen LogP) is 2.85. The fourth-order valence-corrected chi connectivity index (χ4v) is 3.15. The van der Waals surface area contributed by atoms with Gasteiger partial charge < -0.3 is 15.3 Å². The zero-order chi connectivity index (χ0) is 14.8. The number of aliphatic imine (C=N–C) groups is 1. The third-order valence-corrected chi connectivity index (χ3v) is 4.39. The first-order chi connectivity index (χ1) is 10.2. The molecule has 1 saturated carbocycles. The normalized spacial score (nSPS) is 27.5. The van der Waals surface area contributed by atoms with E-state index in [2.05, 4.69) is 21.3 Å². The van der Waals surface area contributed by atoms with Gasteiger partial charge in [0.25, 0.3) is 0 Å². The molecule has 1 aromatic carbocycles. The van der Waals surface area contributed by atoms with Crippen LogP contribution in [0, 0.1) is 0 Å². The number of nitrogens with one attached hydrogen (secondary N) is 1. The summed E-state index contributed by atoms with van der Waals surface area (Å²) in [7, 11) is 0. The lowest BCUT2D eigenvalue weighted by atomic mass is 10.1. The second-order valence-corrected chi connectivity index (χ2v) is 6.27. The third kappa shape index (κ3) is 4.26. The van der Waals surface area contributed by atoms with Gasteiger partial charge in [-0.2, -0.15) is 0 Å². The van der Waals surface area contributed by atoms with Gasteiger partial charge in [0, 0.05) is 36.6 Å². The van der Waals surface area contributed by atoms with Crippen molar-refractivity contribution in [2.24, 2.45) is 4.99 Å². The molecule has 1 aliphatic heterocycles. The van der Waals surface area contributed by atoms with Crippen LogP contribution >= 0.6 is 35.6 Å². The number of nitrogens with zero attached hydrogens (tertiary/aromatic N) is 2. The molecular weight excluding hydrogens is 413 g/mol. The molecule has 122 valence electrons. The van der Waals surface area contributed by atoms with E-state index < -0.39 is 0 Å². The molecule has 0 spiro atoms. The Bertz CT molecular complexity index is 540. The van der Waals surface area contributed by atoms with E-state index in [1.807, 2.05) is 25.1 Å². The van der Waals surface area contributed by atoms with Crippen molar-refractivity contribution in [3.63, 3.8) is 0 Å². The lowest BCUT2D eigenvalue weighted by Gasteiger charge is -2.21. The summed E-state index contributed by atoms with van der Waals surface area (Å²) in [6.45, 7) is 4.35. The van der Waals surface area contributed by atoms with E-state index in [-0.39, 0.29) is 30.1 Å². The quantitative estimate of drug-likeness (QED) is 0.436. The third-order valence-electron chi connectivity index (χ3n) is 4.15. The summed E-state index contributed by atoms with van der Waals surface area (Å²) in [5.41, 5.74) is 1.29. The van der Waals surface area contributed by atoms with Crippen LogP contribution in [-0.4, -0.2) is 47.7 Å². The van der Waals surface area contributed by atoms with E-state index in [4.69, 9.17) is 11.6 Å². The van der Waals surface area contributed by atoms with Crippen LogP contribution in [0.3, 0.4) is 0 Å². The molecule has 6 heteroatoms. The molecule has 0 bridgehead atoms. The molecule has 2 N–H and O–H groups in total. The Hall–Kier alpha value is -0.530. The predicted molar refractivity (Wildman–Crippen MR) is 101 cm³/mol. The number of halogens is 2. The molecule has 1 aromatic rings. The van der Waals surface area contributed by atoms with E-state index in [1.165, 1.54) is 5.56 Å². The maximum atomic E-state index is 9.69. The highest BCUT2D eigenvalue weighted by Crippen LogP contribution is 2.41. The molecule has 1 heterocycles. The molecule has 2 unspecified atom stereocenters. The number of aliphatic hydroxyl groups excluding tert-OH is 1. The van der Waals surface area contributed by atoms with Gasteiger partial charge in [-0.3, -0.25) is 4.99 Å². The molecule has 3 rings (SSSR count). The van der Waals surface area contributed by atoms with Crippen LogP contribution in [0.25, 0.3) is 0 Å². The van der Waals surface area contributed by atoms with Crippen LogP contribution in [-0.2, 0) is 0 Å². The topological polar surface area (TPSA) is 47.9 Å². The van der Waals surface area contributed by atoms with Gasteiger partial charge in [0.2, 0.25) is 0 Å². The van der Waals surface area contributed by atoms with Gasteiger partial charge in [0.1, 0.15) is 0 Å². The summed E-state index contributed by atoms with van der Waals surface area (Å²) in [6.07, 6.45) is 1.71. The van der Waals surface area contributed by atoms with Crippen LogP contribution in [0.15, 0.2) is 29.3 Å². The van der Waals surface area contributed by atoms with Gasteiger partial charge in [-0.05, 0) is 37.5 Å². The maximum Gasteiger partial charge on any atom is 0.194 e. The minimum atomic E-state index is -0.225. The molecule has 1 aliphatic carbocycles. The summed E-state index contributed by atoms with van der Waals surface area (Å²) in [5.74, 6) is 1.45. The molecule has 3 atom stereocenters. The Kier molecular flexibility index (Phi) is 6.35. The van der Waals surface area contributed by atoms with Gasteiger partial charge in [-0.1, -0.05) is 23.7 Å². The number of hydrogen-bond acceptors (Lipinski definition) is 2. The Morgan fingerprint density at radius 3 is 2.95 bits per heavy atom. The minimum absolute atomic E-state index is 0. The lowest BCUT2D eigenvalue weighted by Crippen LogP contribution is -2.42. The van der Waals surface area contributed by atoms with Crippen molar-refractivity contribution in [1.29, 1.82) is 0 Å². The smallest absolute Gasteiger partial charge is 0.194 e. The van der Waals surface area contributed by atoms with Gasteiger partial charge in [-0.15, -0.1) is 24.0 Å². The fraction of sp³-hybridized carbons (Fsp3) is 0.562. The Balaban J connectivity index is 0.00000176. The summed E-state index contributed by atoms with van der Waals surface area (Å²) in [4.78, 5) is 6.72. The Morgan fingerprint density at radius 1 is 1.50 bits per heavy atom. The van der Waals surface area contributed by atoms with Crippen LogP contribution < -0.4 is 5.32 Å². The van der Waals surface area contributed by atoms with Crippen LogP contribution in [0.1, 0.15) is 31.2 Å². The molecule has 1 saturated heterocycles. The standard InChI is InChI=1S/C16H22ClN3O.HI/c1-2-18-16(20-7-6-13(21)10-20)19-15-9-14(15)11-4-3-5-12(17)8-11;/h3-5,8,13-15,21H,2,6-7,9-10H2,1H3,(H,18,19);1H/t13-,14?,15?;/m1./s1. The average Bonchev–Trinajstić information content (AvgIpc) is 3.10. The lowest BCUT2D eigenvalue weighted by molar-refractivity contribution is 0.187. The highest BCUT2D eigenvalue weighted by molar-refractivity contribution is 14.0. The monoisotopic (exact) mass is 435 g/mol. The number of benzene rings is 1. The van der Waals surface area contributed by atoms with E-state index in [0.29, 0.717) is 18.5 Å². The van der Waals surface area contributed by atoms with Crippen LogP contribution in [0.4, 0.5) is 0 Å². The van der Waals surface area contributed by atoms with Crippen molar-refractivity contribution in [3.8, 4) is 0 Å². The number of hydrogen-bond donors (Lipinski definition) is 2. The number of β-amino-alcohol motifs (C(OH)–C–C–N with tert-alkyl or cyclic N) is 1. The highest BCUT2D eigenvalue weighted by Gasteiger charge is 2.40. The first-order valence-corrected chi connectivity index (χ1v) is 8.04. The highest BCUT2D eigenvalue weighted by atomic mass is 127. The van der Waals surface area contributed by atoms with Crippen molar-refractivity contribution in [2.75, 3.05) is 19.6 Å². The zero-order valence-electron chi connectivity index (χ0n) is 12.7. The van der Waals surface area contributed by atoms with Gasteiger partial charge >= 0.3 is 0 Å². The number of aliphatic hydroxyl groups is 1. The zero-order valence-corrected chi connectivity index (χ0v) is 15.8. The second kappa shape index (κ2) is 7.84. The van der Waals surface area contributed by atoms with Crippen LogP contribution in [0.5, 0.6) is 0 Å². The van der Waals surface area contributed by atoms with Crippen molar-refractivity contribution in [2.45, 2.75) is 37.8 Å². The van der Waals surface area contributed by atoms with E-state index >= 15 is 0 Å². The van der Waals surface area contributed by atoms with Gasteiger partial charge in [-0.25, -0.2) is 0 Å². The molecule has 4 nitrogen and oxygen atoms in total. The first kappa shape index (κ1) is 17.8. The molecule has 0 amide bonds. The van der Waals surface area contributed by atoms with Crippen molar-refractivity contribution in [1.82, 2.24) is 10.2 Å².